The van der Waals surface area contributed by atoms with Crippen molar-refractivity contribution in [2.45, 2.75) is 25.8 Å². The van der Waals surface area contributed by atoms with Crippen LogP contribution in [0.3, 0.4) is 0 Å². The zero-order chi connectivity index (χ0) is 17.4. The lowest BCUT2D eigenvalue weighted by molar-refractivity contribution is -0.120. The minimum Gasteiger partial charge on any atom is -0.497 e. The van der Waals surface area contributed by atoms with Crippen molar-refractivity contribution in [3.05, 3.63) is 41.5 Å². The molecule has 0 spiro atoms. The van der Waals surface area contributed by atoms with Crippen LogP contribution < -0.4 is 9.64 Å². The van der Waals surface area contributed by atoms with Crippen LogP contribution in [0.4, 0.5) is 5.69 Å². The maximum Gasteiger partial charge on any atom is 0.241 e. The van der Waals surface area contributed by atoms with Crippen LogP contribution >= 0.6 is 0 Å². The number of hydrogen-bond donors (Lipinski definition) is 0. The van der Waals surface area contributed by atoms with E-state index in [0.29, 0.717) is 6.54 Å². The van der Waals surface area contributed by atoms with E-state index in [0.717, 1.165) is 56.0 Å². The molecule has 0 radical (unpaired) electrons. The Labute approximate surface area is 148 Å². The first kappa shape index (κ1) is 16.1. The van der Waals surface area contributed by atoms with E-state index >= 15 is 0 Å². The van der Waals surface area contributed by atoms with Gasteiger partial charge in [0.15, 0.2) is 0 Å². The van der Waals surface area contributed by atoms with Crippen LogP contribution in [-0.4, -0.2) is 47.1 Å². The predicted molar refractivity (Wildman–Crippen MR) is 95.9 cm³/mol. The lowest BCUT2D eigenvalue weighted by atomic mass is 10.0. The molecule has 1 aromatic heterocycles. The molecule has 4 rings (SSSR count). The van der Waals surface area contributed by atoms with Gasteiger partial charge in [-0.1, -0.05) is 0 Å². The number of carbonyl (C=O) groups excluding carboxylic acids is 1. The summed E-state index contributed by atoms with van der Waals surface area (Å²) in [6.07, 6.45) is 4.81. The topological polar surface area (TPSA) is 50.6 Å². The van der Waals surface area contributed by atoms with Crippen molar-refractivity contribution in [1.82, 2.24) is 14.5 Å². The maximum atomic E-state index is 12.9. The third kappa shape index (κ3) is 3.02. The van der Waals surface area contributed by atoms with Crippen LogP contribution in [0.15, 0.2) is 24.5 Å². The van der Waals surface area contributed by atoms with Crippen LogP contribution in [0.25, 0.3) is 0 Å². The molecule has 6 nitrogen and oxygen atoms in total. The van der Waals surface area contributed by atoms with Crippen molar-refractivity contribution in [2.24, 2.45) is 7.05 Å². The number of anilines is 1. The number of nitrogens with zero attached hydrogens (tertiary/aromatic N) is 4. The van der Waals surface area contributed by atoms with Crippen molar-refractivity contribution in [2.75, 3.05) is 31.6 Å². The van der Waals surface area contributed by atoms with Gasteiger partial charge in [0.2, 0.25) is 5.91 Å². The minimum atomic E-state index is 0.172. The highest BCUT2D eigenvalue weighted by atomic mass is 16.5. The van der Waals surface area contributed by atoms with Gasteiger partial charge in [0.05, 0.1) is 25.7 Å². The molecule has 0 bridgehead atoms. The van der Waals surface area contributed by atoms with Crippen LogP contribution in [-0.2, 0) is 31.2 Å². The van der Waals surface area contributed by atoms with E-state index in [-0.39, 0.29) is 5.91 Å². The average Bonchev–Trinajstić information content (AvgIpc) is 3.01. The Bertz CT molecular complexity index is 799. The Kier molecular flexibility index (Phi) is 4.21. The quantitative estimate of drug-likeness (QED) is 0.854. The lowest BCUT2D eigenvalue weighted by Crippen LogP contribution is -2.44. The van der Waals surface area contributed by atoms with Gasteiger partial charge in [0, 0.05) is 44.5 Å². The molecule has 6 heteroatoms. The SMILES string of the molecule is COc1ccc2c(c1)CCCN2C(=O)CN1CCc2c(ncn2C)C1. The number of rotatable bonds is 3. The number of imidazole rings is 1. The summed E-state index contributed by atoms with van der Waals surface area (Å²) in [5, 5.41) is 0. The van der Waals surface area contributed by atoms with E-state index in [1.54, 1.807) is 7.11 Å². The standard InChI is InChI=1S/C19H24N4O2/c1-21-13-20-16-11-22(9-7-18(16)21)12-19(24)23-8-3-4-14-10-15(25-2)5-6-17(14)23/h5-6,10,13H,3-4,7-9,11-12H2,1-2H3. The number of carbonyl (C=O) groups is 1. The molecule has 2 aliphatic rings. The van der Waals surface area contributed by atoms with E-state index in [9.17, 15) is 4.79 Å². The number of ether oxygens (including phenoxy) is 1. The summed E-state index contributed by atoms with van der Waals surface area (Å²) in [6.45, 7) is 2.90. The second-order valence-corrected chi connectivity index (χ2v) is 6.85. The van der Waals surface area contributed by atoms with E-state index in [2.05, 4.69) is 20.5 Å². The Morgan fingerprint density at radius 1 is 1.28 bits per heavy atom. The maximum absolute atomic E-state index is 12.9. The molecule has 0 atom stereocenters. The summed E-state index contributed by atoms with van der Waals surface area (Å²) in [7, 11) is 3.71. The molecule has 0 fully saturated rings. The average molecular weight is 340 g/mol. The highest BCUT2D eigenvalue weighted by Gasteiger charge is 2.27. The molecular formula is C19H24N4O2. The van der Waals surface area contributed by atoms with Gasteiger partial charge in [-0.2, -0.15) is 0 Å². The smallest absolute Gasteiger partial charge is 0.241 e. The molecule has 0 saturated carbocycles. The van der Waals surface area contributed by atoms with E-state index < -0.39 is 0 Å². The number of fused-ring (bicyclic) bond motifs is 2. The van der Waals surface area contributed by atoms with Gasteiger partial charge in [-0.3, -0.25) is 9.69 Å². The lowest BCUT2D eigenvalue weighted by Gasteiger charge is -2.33. The largest absolute Gasteiger partial charge is 0.497 e. The molecule has 1 amide bonds. The van der Waals surface area contributed by atoms with E-state index in [1.807, 2.05) is 30.4 Å². The molecule has 2 aromatic rings. The number of hydrogen-bond acceptors (Lipinski definition) is 4. The minimum absolute atomic E-state index is 0.172. The Morgan fingerprint density at radius 2 is 2.16 bits per heavy atom. The van der Waals surface area contributed by atoms with Crippen molar-refractivity contribution in [1.29, 1.82) is 0 Å². The summed E-state index contributed by atoms with van der Waals surface area (Å²) in [4.78, 5) is 21.5. The normalized spacial score (nSPS) is 17.1. The van der Waals surface area contributed by atoms with Crippen molar-refractivity contribution < 1.29 is 9.53 Å². The van der Waals surface area contributed by atoms with Crippen LogP contribution in [0.1, 0.15) is 23.4 Å². The summed E-state index contributed by atoms with van der Waals surface area (Å²) in [6, 6.07) is 6.00. The van der Waals surface area contributed by atoms with E-state index in [1.165, 1.54) is 11.3 Å². The fourth-order valence-electron chi connectivity index (χ4n) is 3.88. The zero-order valence-electron chi connectivity index (χ0n) is 14.9. The third-order valence-corrected chi connectivity index (χ3v) is 5.25. The molecule has 2 aliphatic heterocycles. The summed E-state index contributed by atoms with van der Waals surface area (Å²) in [5.74, 6) is 1.03. The van der Waals surface area contributed by atoms with E-state index in [4.69, 9.17) is 4.74 Å². The molecular weight excluding hydrogens is 316 g/mol. The first-order chi connectivity index (χ1) is 12.2. The number of amides is 1. The van der Waals surface area contributed by atoms with Gasteiger partial charge in [0.25, 0.3) is 0 Å². The Morgan fingerprint density at radius 3 is 3.00 bits per heavy atom. The number of aryl methyl sites for hydroxylation is 2. The fourth-order valence-corrected chi connectivity index (χ4v) is 3.88. The van der Waals surface area contributed by atoms with Crippen molar-refractivity contribution in [3.63, 3.8) is 0 Å². The molecule has 1 aromatic carbocycles. The molecule has 0 N–H and O–H groups in total. The van der Waals surface area contributed by atoms with Gasteiger partial charge in [0.1, 0.15) is 5.75 Å². The van der Waals surface area contributed by atoms with Crippen molar-refractivity contribution in [3.8, 4) is 5.75 Å². The summed E-state index contributed by atoms with van der Waals surface area (Å²) >= 11 is 0. The van der Waals surface area contributed by atoms with Gasteiger partial charge in [-0.05, 0) is 36.6 Å². The highest BCUT2D eigenvalue weighted by molar-refractivity contribution is 5.96. The van der Waals surface area contributed by atoms with Crippen LogP contribution in [0, 0.1) is 0 Å². The van der Waals surface area contributed by atoms with Crippen molar-refractivity contribution >= 4 is 11.6 Å². The molecule has 0 unspecified atom stereocenters. The highest BCUT2D eigenvalue weighted by Crippen LogP contribution is 2.30. The van der Waals surface area contributed by atoms with Crippen LogP contribution in [0.5, 0.6) is 5.75 Å². The monoisotopic (exact) mass is 340 g/mol. The summed E-state index contributed by atoms with van der Waals surface area (Å²) in [5.41, 5.74) is 4.63. The second kappa shape index (κ2) is 6.52. The van der Waals surface area contributed by atoms with Gasteiger partial charge in [-0.25, -0.2) is 4.98 Å². The van der Waals surface area contributed by atoms with Gasteiger partial charge in [-0.15, -0.1) is 0 Å². The van der Waals surface area contributed by atoms with Gasteiger partial charge < -0.3 is 14.2 Å². The number of methoxy groups -OCH3 is 1. The molecule has 0 saturated heterocycles. The first-order valence-corrected chi connectivity index (χ1v) is 8.84. The molecule has 0 aliphatic carbocycles. The summed E-state index contributed by atoms with van der Waals surface area (Å²) < 4.78 is 7.40. The Hall–Kier alpha value is -2.34. The molecule has 3 heterocycles. The van der Waals surface area contributed by atoms with Crippen LogP contribution in [0.2, 0.25) is 0 Å². The Balaban J connectivity index is 1.48. The number of aromatic nitrogens is 2. The fraction of sp³-hybridized carbons (Fsp3) is 0.474. The predicted octanol–water partition coefficient (Wildman–Crippen LogP) is 1.77. The van der Waals surface area contributed by atoms with Gasteiger partial charge >= 0.3 is 0 Å². The first-order valence-electron chi connectivity index (χ1n) is 8.84. The second-order valence-electron chi connectivity index (χ2n) is 6.85. The third-order valence-electron chi connectivity index (χ3n) is 5.25. The zero-order valence-corrected chi connectivity index (χ0v) is 14.9. The molecule has 25 heavy (non-hydrogen) atoms. The molecule has 132 valence electrons. The number of benzene rings is 1.